The van der Waals surface area contributed by atoms with E-state index in [1.165, 1.54) is 0 Å². The van der Waals surface area contributed by atoms with Crippen molar-refractivity contribution in [2.45, 2.75) is 13.8 Å². The Labute approximate surface area is 56.3 Å². The Morgan fingerprint density at radius 1 is 1.00 bits per heavy atom. The van der Waals surface area contributed by atoms with Crippen molar-refractivity contribution >= 4 is 24.0 Å². The zero-order valence-corrected chi connectivity index (χ0v) is 6.58. The number of halogens is 1. The predicted molar refractivity (Wildman–Crippen MR) is 26.8 cm³/mol. The fraction of sp³-hybridized carbons (Fsp3) is 1.00. The summed E-state index contributed by atoms with van der Waals surface area (Å²) in [5.41, 5.74) is 0. The van der Waals surface area contributed by atoms with Crippen molar-refractivity contribution in [3.05, 3.63) is 0 Å². The molecule has 0 aliphatic heterocycles. The molecule has 0 rings (SSSR count). The third-order valence-electron chi connectivity index (χ3n) is 0. The van der Waals surface area contributed by atoms with Gasteiger partial charge in [-0.15, -0.1) is 24.0 Å². The topological polar surface area (TPSA) is 0 Å². The number of hydrogen-bond acceptors (Lipinski definition) is 0. The molecule has 4 heavy (non-hydrogen) atoms. The van der Waals surface area contributed by atoms with Crippen LogP contribution < -0.4 is 0 Å². The molecule has 0 aliphatic carbocycles. The first-order chi connectivity index (χ1) is 1.00. The van der Waals surface area contributed by atoms with Crippen LogP contribution in [0.4, 0.5) is 0 Å². The molecule has 0 N–H and O–H groups in total. The third kappa shape index (κ3) is 10.3. The van der Waals surface area contributed by atoms with E-state index in [1.54, 1.807) is 0 Å². The standard InChI is InChI=1S/C2H6.HI.V/c1-2;;/h1-2H3;1H;. The van der Waals surface area contributed by atoms with E-state index < -0.39 is 0 Å². The van der Waals surface area contributed by atoms with Crippen LogP contribution in [0.5, 0.6) is 0 Å². The second-order valence-corrected chi connectivity index (χ2v) is 0. The smallest absolute Gasteiger partial charge is 0 e. The fourth-order valence-electron chi connectivity index (χ4n) is 0. The van der Waals surface area contributed by atoms with Gasteiger partial charge in [0.05, 0.1) is 0 Å². The van der Waals surface area contributed by atoms with Crippen LogP contribution in [0.25, 0.3) is 0 Å². The molecule has 0 amide bonds. The molecule has 0 aromatic carbocycles. The Kier molecular flexibility index (Phi) is 127. The minimum atomic E-state index is 0. The molecule has 0 nitrogen and oxygen atoms in total. The quantitative estimate of drug-likeness (QED) is 0.532. The molecule has 0 aliphatic rings. The van der Waals surface area contributed by atoms with Gasteiger partial charge in [0.1, 0.15) is 0 Å². The molecule has 0 aromatic heterocycles. The molecule has 27 valence electrons. The monoisotopic (exact) mass is 209 g/mol. The van der Waals surface area contributed by atoms with Crippen molar-refractivity contribution in [2.24, 2.45) is 0 Å². The molecule has 0 saturated carbocycles. The van der Waals surface area contributed by atoms with Gasteiger partial charge in [0.2, 0.25) is 0 Å². The molecule has 0 heterocycles. The normalized spacial score (nSPS) is 1.50. The maximum atomic E-state index is 2.00. The molecule has 0 spiro atoms. The summed E-state index contributed by atoms with van der Waals surface area (Å²) in [6.45, 7) is 4.00. The third-order valence-corrected chi connectivity index (χ3v) is 0. The first-order valence-corrected chi connectivity index (χ1v) is 1.00. The summed E-state index contributed by atoms with van der Waals surface area (Å²) in [6, 6.07) is 0. The molecular formula is C2H7IV. The van der Waals surface area contributed by atoms with Crippen LogP contribution in [0.15, 0.2) is 0 Å². The van der Waals surface area contributed by atoms with Crippen molar-refractivity contribution in [1.29, 1.82) is 0 Å². The van der Waals surface area contributed by atoms with Gasteiger partial charge >= 0.3 is 0 Å². The molecule has 0 atom stereocenters. The van der Waals surface area contributed by atoms with Crippen LogP contribution in [-0.2, 0) is 18.6 Å². The average molecular weight is 209 g/mol. The minimum absolute atomic E-state index is 0. The Balaban J connectivity index is -0.00000000500. The Morgan fingerprint density at radius 2 is 1.00 bits per heavy atom. The van der Waals surface area contributed by atoms with E-state index in [1.807, 2.05) is 13.8 Å². The van der Waals surface area contributed by atoms with E-state index in [2.05, 4.69) is 0 Å². The van der Waals surface area contributed by atoms with Gasteiger partial charge in [-0.3, -0.25) is 0 Å². The Morgan fingerprint density at radius 3 is 1.00 bits per heavy atom. The van der Waals surface area contributed by atoms with Crippen LogP contribution in [0.3, 0.4) is 0 Å². The zero-order valence-electron chi connectivity index (χ0n) is 2.86. The molecule has 1 radical (unpaired) electrons. The van der Waals surface area contributed by atoms with E-state index in [9.17, 15) is 0 Å². The SMILES string of the molecule is CC.I.[V]. The van der Waals surface area contributed by atoms with Crippen LogP contribution in [0.2, 0.25) is 0 Å². The fourth-order valence-corrected chi connectivity index (χ4v) is 0. The maximum Gasteiger partial charge on any atom is 0 e. The summed E-state index contributed by atoms with van der Waals surface area (Å²) in [5.74, 6) is 0. The molecular weight excluding hydrogens is 202 g/mol. The molecule has 0 saturated heterocycles. The summed E-state index contributed by atoms with van der Waals surface area (Å²) in [7, 11) is 0. The van der Waals surface area contributed by atoms with E-state index in [0.29, 0.717) is 0 Å². The predicted octanol–water partition coefficient (Wildman–Crippen LogP) is 1.64. The van der Waals surface area contributed by atoms with Crippen molar-refractivity contribution in [1.82, 2.24) is 0 Å². The van der Waals surface area contributed by atoms with Gasteiger partial charge in [0.25, 0.3) is 0 Å². The molecule has 2 heteroatoms. The van der Waals surface area contributed by atoms with Crippen molar-refractivity contribution in [3.8, 4) is 0 Å². The Hall–Kier alpha value is 1.31. The molecule has 0 fully saturated rings. The van der Waals surface area contributed by atoms with Gasteiger partial charge in [-0.2, -0.15) is 0 Å². The molecule has 0 unspecified atom stereocenters. The van der Waals surface area contributed by atoms with E-state index in [0.717, 1.165) is 0 Å². The van der Waals surface area contributed by atoms with Gasteiger partial charge in [-0.1, -0.05) is 13.8 Å². The largest absolute Gasteiger partial charge is 0.107 e. The first kappa shape index (κ1) is 18.5. The van der Waals surface area contributed by atoms with Crippen molar-refractivity contribution < 1.29 is 18.6 Å². The van der Waals surface area contributed by atoms with Crippen LogP contribution in [-0.4, -0.2) is 0 Å². The minimum Gasteiger partial charge on any atom is -0.107 e. The van der Waals surface area contributed by atoms with Gasteiger partial charge in [0, 0.05) is 18.6 Å². The second-order valence-electron chi connectivity index (χ2n) is 0. The molecule has 0 aromatic rings. The van der Waals surface area contributed by atoms with Gasteiger partial charge in [0.15, 0.2) is 0 Å². The summed E-state index contributed by atoms with van der Waals surface area (Å²) in [6.07, 6.45) is 0. The summed E-state index contributed by atoms with van der Waals surface area (Å²) in [5, 5.41) is 0. The summed E-state index contributed by atoms with van der Waals surface area (Å²) >= 11 is 0. The maximum absolute atomic E-state index is 2.00. The van der Waals surface area contributed by atoms with E-state index >= 15 is 0 Å². The summed E-state index contributed by atoms with van der Waals surface area (Å²) < 4.78 is 0. The van der Waals surface area contributed by atoms with Crippen LogP contribution in [0.1, 0.15) is 13.8 Å². The van der Waals surface area contributed by atoms with Crippen molar-refractivity contribution in [2.75, 3.05) is 0 Å². The second kappa shape index (κ2) is 27.4. The molecule has 0 bridgehead atoms. The Bertz CT molecular complexity index is 6.00. The first-order valence-electron chi connectivity index (χ1n) is 1.00. The van der Waals surface area contributed by atoms with E-state index in [4.69, 9.17) is 0 Å². The van der Waals surface area contributed by atoms with Crippen molar-refractivity contribution in [3.63, 3.8) is 0 Å². The van der Waals surface area contributed by atoms with Crippen LogP contribution in [0, 0.1) is 0 Å². The summed E-state index contributed by atoms with van der Waals surface area (Å²) in [4.78, 5) is 0. The van der Waals surface area contributed by atoms with Crippen LogP contribution >= 0.6 is 24.0 Å². The van der Waals surface area contributed by atoms with E-state index in [-0.39, 0.29) is 42.5 Å². The number of rotatable bonds is 0. The zero-order chi connectivity index (χ0) is 2.00. The van der Waals surface area contributed by atoms with Gasteiger partial charge in [-0.05, 0) is 0 Å². The van der Waals surface area contributed by atoms with Gasteiger partial charge < -0.3 is 0 Å². The van der Waals surface area contributed by atoms with Gasteiger partial charge in [-0.25, -0.2) is 0 Å². The number of hydrogen-bond donors (Lipinski definition) is 0. The average Bonchev–Trinajstić information content (AvgIpc) is 1.00.